The first-order valence-electron chi connectivity index (χ1n) is 8.07. The Bertz CT molecular complexity index is 692. The van der Waals surface area contributed by atoms with Crippen LogP contribution < -0.4 is 9.47 Å². The van der Waals surface area contributed by atoms with Gasteiger partial charge in [-0.2, -0.15) is 0 Å². The first-order valence-corrected chi connectivity index (χ1v) is 8.07. The number of hydrogen-bond acceptors (Lipinski definition) is 4. The Morgan fingerprint density at radius 2 is 1.79 bits per heavy atom. The Balaban J connectivity index is 2.10. The lowest BCUT2D eigenvalue weighted by molar-refractivity contribution is 0.0599. The molecule has 0 N–H and O–H groups in total. The van der Waals surface area contributed by atoms with Crippen molar-refractivity contribution in [2.45, 2.75) is 33.3 Å². The number of ether oxygens (including phenoxy) is 3. The summed E-state index contributed by atoms with van der Waals surface area (Å²) in [6.45, 7) is 6.48. The van der Waals surface area contributed by atoms with Gasteiger partial charge in [0.15, 0.2) is 0 Å². The molecule has 2 aromatic rings. The smallest absolute Gasteiger partial charge is 0.338 e. The van der Waals surface area contributed by atoms with Crippen molar-refractivity contribution in [2.75, 3.05) is 13.7 Å². The van der Waals surface area contributed by atoms with Crippen molar-refractivity contribution in [2.24, 2.45) is 0 Å². The van der Waals surface area contributed by atoms with Crippen molar-refractivity contribution in [1.82, 2.24) is 0 Å². The van der Waals surface area contributed by atoms with E-state index in [1.165, 1.54) is 18.2 Å². The topological polar surface area (TPSA) is 44.8 Å². The lowest BCUT2D eigenvalue weighted by Gasteiger charge is -2.14. The summed E-state index contributed by atoms with van der Waals surface area (Å²) >= 11 is 0. The molecule has 0 fully saturated rings. The van der Waals surface area contributed by atoms with E-state index in [9.17, 15) is 4.79 Å². The highest BCUT2D eigenvalue weighted by Crippen LogP contribution is 2.25. The number of carbonyl (C=O) groups excluding carboxylic acids is 1. The van der Waals surface area contributed by atoms with Gasteiger partial charge in [-0.3, -0.25) is 0 Å². The van der Waals surface area contributed by atoms with Crippen LogP contribution in [0.3, 0.4) is 0 Å². The standard InChI is InChI=1S/C20H24O4/c1-14(2)24-19-12-17(20(21)22-4)11-18(13-19)23-10-9-16-8-6-5-7-15(16)3/h5-8,11-14H,9-10H2,1-4H3. The predicted octanol–water partition coefficient (Wildman–Crippen LogP) is 4.19. The van der Waals surface area contributed by atoms with Crippen LogP contribution in [0.2, 0.25) is 0 Å². The van der Waals surface area contributed by atoms with Gasteiger partial charge in [0.2, 0.25) is 0 Å². The molecular weight excluding hydrogens is 304 g/mol. The number of hydrogen-bond donors (Lipinski definition) is 0. The van der Waals surface area contributed by atoms with Gasteiger partial charge in [0.25, 0.3) is 0 Å². The molecule has 0 aliphatic rings. The van der Waals surface area contributed by atoms with Crippen LogP contribution in [0.25, 0.3) is 0 Å². The summed E-state index contributed by atoms with van der Waals surface area (Å²) in [5.74, 6) is 0.786. The fourth-order valence-electron chi connectivity index (χ4n) is 2.40. The predicted molar refractivity (Wildman–Crippen MR) is 93.9 cm³/mol. The third kappa shape index (κ3) is 5.01. The SMILES string of the molecule is COC(=O)c1cc(OCCc2ccccc2C)cc(OC(C)C)c1. The Morgan fingerprint density at radius 3 is 2.46 bits per heavy atom. The number of carbonyl (C=O) groups is 1. The Morgan fingerprint density at radius 1 is 1.08 bits per heavy atom. The molecule has 0 unspecified atom stereocenters. The van der Waals surface area contributed by atoms with E-state index in [0.29, 0.717) is 23.7 Å². The molecule has 0 spiro atoms. The minimum Gasteiger partial charge on any atom is -0.493 e. The monoisotopic (exact) mass is 328 g/mol. The Kier molecular flexibility index (Phi) is 6.24. The lowest BCUT2D eigenvalue weighted by Crippen LogP contribution is -2.09. The van der Waals surface area contributed by atoms with Crippen molar-refractivity contribution < 1.29 is 19.0 Å². The highest BCUT2D eigenvalue weighted by atomic mass is 16.5. The largest absolute Gasteiger partial charge is 0.493 e. The van der Waals surface area contributed by atoms with E-state index in [-0.39, 0.29) is 6.10 Å². The molecule has 2 aromatic carbocycles. The molecule has 0 atom stereocenters. The summed E-state index contributed by atoms with van der Waals surface area (Å²) in [5.41, 5.74) is 2.91. The maximum absolute atomic E-state index is 11.8. The highest BCUT2D eigenvalue weighted by molar-refractivity contribution is 5.90. The van der Waals surface area contributed by atoms with Gasteiger partial charge in [0.1, 0.15) is 11.5 Å². The third-order valence-electron chi connectivity index (χ3n) is 3.57. The molecule has 0 amide bonds. The normalized spacial score (nSPS) is 10.5. The van der Waals surface area contributed by atoms with E-state index < -0.39 is 5.97 Å². The Hall–Kier alpha value is -2.49. The van der Waals surface area contributed by atoms with Crippen LogP contribution in [-0.2, 0) is 11.2 Å². The molecule has 0 aliphatic heterocycles. The van der Waals surface area contributed by atoms with Gasteiger partial charge in [-0.25, -0.2) is 4.79 Å². The van der Waals surface area contributed by atoms with Crippen LogP contribution >= 0.6 is 0 Å². The molecule has 0 aliphatic carbocycles. The zero-order valence-corrected chi connectivity index (χ0v) is 14.7. The van der Waals surface area contributed by atoms with Crippen LogP contribution in [0, 0.1) is 6.92 Å². The van der Waals surface area contributed by atoms with Crippen molar-refractivity contribution >= 4 is 5.97 Å². The molecule has 24 heavy (non-hydrogen) atoms. The van der Waals surface area contributed by atoms with Gasteiger partial charge in [-0.15, -0.1) is 0 Å². The second kappa shape index (κ2) is 8.39. The first kappa shape index (κ1) is 17.9. The number of esters is 1. The summed E-state index contributed by atoms with van der Waals surface area (Å²) in [4.78, 5) is 11.8. The van der Waals surface area contributed by atoms with Crippen molar-refractivity contribution in [3.05, 3.63) is 59.2 Å². The summed E-state index contributed by atoms with van der Waals surface area (Å²) in [7, 11) is 1.36. The number of aryl methyl sites for hydroxylation is 1. The number of benzene rings is 2. The molecule has 0 saturated heterocycles. The van der Waals surface area contributed by atoms with Gasteiger partial charge in [0, 0.05) is 12.5 Å². The summed E-state index contributed by atoms with van der Waals surface area (Å²) in [5, 5.41) is 0. The van der Waals surface area contributed by atoms with Crippen LogP contribution in [0.4, 0.5) is 0 Å². The minimum absolute atomic E-state index is 0.0118. The molecule has 0 radical (unpaired) electrons. The molecule has 0 bridgehead atoms. The molecule has 0 aromatic heterocycles. The van der Waals surface area contributed by atoms with E-state index in [4.69, 9.17) is 14.2 Å². The van der Waals surface area contributed by atoms with E-state index in [1.807, 2.05) is 26.0 Å². The molecular formula is C20H24O4. The second-order valence-corrected chi connectivity index (χ2v) is 5.88. The van der Waals surface area contributed by atoms with E-state index >= 15 is 0 Å². The summed E-state index contributed by atoms with van der Waals surface area (Å²) in [6, 6.07) is 13.4. The van der Waals surface area contributed by atoms with Gasteiger partial charge < -0.3 is 14.2 Å². The van der Waals surface area contributed by atoms with Crippen molar-refractivity contribution in [3.8, 4) is 11.5 Å². The molecule has 0 heterocycles. The Labute approximate surface area is 143 Å². The average Bonchev–Trinajstić information content (AvgIpc) is 2.55. The molecule has 4 nitrogen and oxygen atoms in total. The van der Waals surface area contributed by atoms with E-state index in [0.717, 1.165) is 6.42 Å². The van der Waals surface area contributed by atoms with Gasteiger partial charge >= 0.3 is 5.97 Å². The maximum Gasteiger partial charge on any atom is 0.338 e. The van der Waals surface area contributed by atoms with Crippen LogP contribution in [-0.4, -0.2) is 25.8 Å². The van der Waals surface area contributed by atoms with Crippen LogP contribution in [0.5, 0.6) is 11.5 Å². The fraction of sp³-hybridized carbons (Fsp3) is 0.350. The average molecular weight is 328 g/mol. The quantitative estimate of drug-likeness (QED) is 0.715. The highest BCUT2D eigenvalue weighted by Gasteiger charge is 2.11. The molecule has 4 heteroatoms. The fourth-order valence-corrected chi connectivity index (χ4v) is 2.40. The van der Waals surface area contributed by atoms with E-state index in [1.54, 1.807) is 18.2 Å². The summed E-state index contributed by atoms with van der Waals surface area (Å²) in [6.07, 6.45) is 0.813. The van der Waals surface area contributed by atoms with Gasteiger partial charge in [0.05, 0.1) is 25.4 Å². The van der Waals surface area contributed by atoms with Gasteiger partial charge in [-0.05, 0) is 44.0 Å². The first-order chi connectivity index (χ1) is 11.5. The number of rotatable bonds is 7. The lowest BCUT2D eigenvalue weighted by atomic mass is 10.1. The molecule has 0 saturated carbocycles. The van der Waals surface area contributed by atoms with Crippen LogP contribution in [0.15, 0.2) is 42.5 Å². The van der Waals surface area contributed by atoms with Gasteiger partial charge in [-0.1, -0.05) is 24.3 Å². The third-order valence-corrected chi connectivity index (χ3v) is 3.57. The minimum atomic E-state index is -0.409. The zero-order chi connectivity index (χ0) is 17.5. The second-order valence-electron chi connectivity index (χ2n) is 5.88. The van der Waals surface area contributed by atoms with Crippen molar-refractivity contribution in [3.63, 3.8) is 0 Å². The molecule has 128 valence electrons. The summed E-state index contributed by atoms with van der Waals surface area (Å²) < 4.78 is 16.3. The number of methoxy groups -OCH3 is 1. The van der Waals surface area contributed by atoms with Crippen molar-refractivity contribution in [1.29, 1.82) is 0 Å². The van der Waals surface area contributed by atoms with E-state index in [2.05, 4.69) is 19.1 Å². The van der Waals surface area contributed by atoms with Crippen LogP contribution in [0.1, 0.15) is 35.3 Å². The molecule has 2 rings (SSSR count). The maximum atomic E-state index is 11.8. The zero-order valence-electron chi connectivity index (χ0n) is 14.7.